The highest BCUT2D eigenvalue weighted by atomic mass is 35.5. The summed E-state index contributed by atoms with van der Waals surface area (Å²) in [5.74, 6) is -0.367. The molecule has 0 aliphatic carbocycles. The summed E-state index contributed by atoms with van der Waals surface area (Å²) in [5.41, 5.74) is -0.256. The summed E-state index contributed by atoms with van der Waals surface area (Å²) in [4.78, 5) is 11.6. The topological polar surface area (TPSA) is 46.9 Å². The van der Waals surface area contributed by atoms with Gasteiger partial charge in [-0.25, -0.2) is 0 Å². The first-order valence-electron chi connectivity index (χ1n) is 6.67. The van der Waals surface area contributed by atoms with Crippen LogP contribution in [0.15, 0.2) is 42.6 Å². The Morgan fingerprint density at radius 1 is 1.30 bits per heavy atom. The summed E-state index contributed by atoms with van der Waals surface area (Å²) >= 11 is 5.94. The van der Waals surface area contributed by atoms with E-state index in [1.165, 1.54) is 12.3 Å². The average molecular weight is 344 g/mol. The third kappa shape index (κ3) is 5.14. The van der Waals surface area contributed by atoms with Crippen molar-refractivity contribution < 1.29 is 18.0 Å². The van der Waals surface area contributed by atoms with Gasteiger partial charge in [-0.2, -0.15) is 18.3 Å². The van der Waals surface area contributed by atoms with Gasteiger partial charge in [0.1, 0.15) is 0 Å². The van der Waals surface area contributed by atoms with Crippen LogP contribution in [-0.4, -0.2) is 22.2 Å². The summed E-state index contributed by atoms with van der Waals surface area (Å²) in [6.45, 7) is 0.298. The van der Waals surface area contributed by atoms with Crippen LogP contribution in [0.3, 0.4) is 0 Å². The molecule has 0 saturated heterocycles. The van der Waals surface area contributed by atoms with E-state index in [0.29, 0.717) is 10.6 Å². The fourth-order valence-corrected chi connectivity index (χ4v) is 1.96. The lowest BCUT2D eigenvalue weighted by Gasteiger charge is -2.04. The first-order valence-corrected chi connectivity index (χ1v) is 7.05. The van der Waals surface area contributed by atoms with E-state index >= 15 is 0 Å². The summed E-state index contributed by atoms with van der Waals surface area (Å²) in [5, 5.41) is 6.47. The van der Waals surface area contributed by atoms with Gasteiger partial charge in [0.15, 0.2) is 5.69 Å². The molecule has 1 N–H and O–H groups in total. The number of carbonyl (C=O) groups excluding carboxylic acids is 1. The quantitative estimate of drug-likeness (QED) is 0.846. The van der Waals surface area contributed by atoms with E-state index in [1.807, 2.05) is 0 Å². The number of aromatic nitrogens is 2. The average Bonchev–Trinajstić information content (AvgIpc) is 2.95. The van der Waals surface area contributed by atoms with Crippen molar-refractivity contribution in [2.75, 3.05) is 6.54 Å². The zero-order chi connectivity index (χ0) is 16.9. The normalized spacial score (nSPS) is 11.8. The van der Waals surface area contributed by atoms with Crippen LogP contribution in [0.25, 0.3) is 6.08 Å². The zero-order valence-corrected chi connectivity index (χ0v) is 12.6. The van der Waals surface area contributed by atoms with E-state index in [9.17, 15) is 18.0 Å². The van der Waals surface area contributed by atoms with Gasteiger partial charge >= 0.3 is 6.18 Å². The van der Waals surface area contributed by atoms with Gasteiger partial charge in [-0.15, -0.1) is 0 Å². The predicted octanol–water partition coefficient (Wildman–Crippen LogP) is 3.38. The molecule has 2 aromatic rings. The van der Waals surface area contributed by atoms with E-state index in [1.54, 1.807) is 30.3 Å². The first-order chi connectivity index (χ1) is 10.9. The monoisotopic (exact) mass is 343 g/mol. The first kappa shape index (κ1) is 17.1. The SMILES string of the molecule is O=C(/C=C/c1ccccc1Cl)NCCn1ccc(C(F)(F)F)n1. The lowest BCUT2D eigenvalue weighted by atomic mass is 10.2. The van der Waals surface area contributed by atoms with E-state index in [0.717, 1.165) is 10.7 Å². The van der Waals surface area contributed by atoms with Crippen LogP contribution in [0, 0.1) is 0 Å². The van der Waals surface area contributed by atoms with Gasteiger partial charge in [0.05, 0.1) is 6.54 Å². The Morgan fingerprint density at radius 2 is 2.04 bits per heavy atom. The minimum absolute atomic E-state index is 0.141. The van der Waals surface area contributed by atoms with E-state index < -0.39 is 11.9 Å². The number of rotatable bonds is 5. The molecule has 1 aromatic heterocycles. The van der Waals surface area contributed by atoms with Gasteiger partial charge in [0.2, 0.25) is 5.91 Å². The van der Waals surface area contributed by atoms with Gasteiger partial charge in [0, 0.05) is 23.8 Å². The highest BCUT2D eigenvalue weighted by Gasteiger charge is 2.33. The second-order valence-electron chi connectivity index (χ2n) is 4.61. The molecule has 8 heteroatoms. The number of amides is 1. The third-order valence-corrected chi connectivity index (χ3v) is 3.23. The Balaban J connectivity index is 1.81. The van der Waals surface area contributed by atoms with Crippen molar-refractivity contribution in [2.24, 2.45) is 0 Å². The number of halogens is 4. The molecule has 2 rings (SSSR count). The standard InChI is InChI=1S/C15H13ClF3N3O/c16-12-4-2-1-3-11(12)5-6-14(23)20-8-10-22-9-7-13(21-22)15(17,18)19/h1-7,9H,8,10H2,(H,20,23)/b6-5+. The van der Waals surface area contributed by atoms with Crippen LogP contribution in [0.4, 0.5) is 13.2 Å². The Labute approximate surface area is 135 Å². The van der Waals surface area contributed by atoms with Crippen LogP contribution in [0.2, 0.25) is 5.02 Å². The molecule has 0 bridgehead atoms. The minimum atomic E-state index is -4.47. The minimum Gasteiger partial charge on any atom is -0.351 e. The predicted molar refractivity (Wildman–Crippen MR) is 80.7 cm³/mol. The summed E-state index contributed by atoms with van der Waals surface area (Å²) < 4.78 is 38.3. The number of nitrogens with one attached hydrogen (secondary N) is 1. The Kier molecular flexibility index (Phi) is 5.44. The fraction of sp³-hybridized carbons (Fsp3) is 0.200. The highest BCUT2D eigenvalue weighted by molar-refractivity contribution is 6.32. The molecule has 0 unspecified atom stereocenters. The molecule has 4 nitrogen and oxygen atoms in total. The molecule has 0 radical (unpaired) electrons. The molecular weight excluding hydrogens is 331 g/mol. The second-order valence-corrected chi connectivity index (χ2v) is 5.01. The lowest BCUT2D eigenvalue weighted by Crippen LogP contribution is -2.25. The molecule has 1 aromatic carbocycles. The van der Waals surface area contributed by atoms with Crippen molar-refractivity contribution in [1.29, 1.82) is 0 Å². The summed E-state index contributed by atoms with van der Waals surface area (Å²) in [6, 6.07) is 7.92. The number of hydrogen-bond acceptors (Lipinski definition) is 2. The maximum atomic E-state index is 12.4. The maximum absolute atomic E-state index is 12.4. The number of hydrogen-bond donors (Lipinski definition) is 1. The van der Waals surface area contributed by atoms with Gasteiger partial charge in [-0.05, 0) is 23.8 Å². The van der Waals surface area contributed by atoms with Gasteiger partial charge in [-0.1, -0.05) is 29.8 Å². The largest absolute Gasteiger partial charge is 0.435 e. The smallest absolute Gasteiger partial charge is 0.351 e. The lowest BCUT2D eigenvalue weighted by molar-refractivity contribution is -0.141. The number of carbonyl (C=O) groups is 1. The second kappa shape index (κ2) is 7.32. The summed E-state index contributed by atoms with van der Waals surface area (Å²) in [7, 11) is 0. The molecule has 0 atom stereocenters. The Morgan fingerprint density at radius 3 is 2.70 bits per heavy atom. The molecule has 0 aliphatic heterocycles. The number of benzene rings is 1. The van der Waals surface area contributed by atoms with E-state index in [4.69, 9.17) is 11.6 Å². The van der Waals surface area contributed by atoms with Gasteiger partial charge < -0.3 is 5.32 Å². The van der Waals surface area contributed by atoms with Crippen molar-refractivity contribution >= 4 is 23.6 Å². The molecule has 1 amide bonds. The van der Waals surface area contributed by atoms with Crippen molar-refractivity contribution in [1.82, 2.24) is 15.1 Å². The van der Waals surface area contributed by atoms with Crippen molar-refractivity contribution in [3.63, 3.8) is 0 Å². The van der Waals surface area contributed by atoms with E-state index in [2.05, 4.69) is 10.4 Å². The van der Waals surface area contributed by atoms with Crippen LogP contribution < -0.4 is 5.32 Å². The number of nitrogens with zero attached hydrogens (tertiary/aromatic N) is 2. The van der Waals surface area contributed by atoms with Crippen LogP contribution in [0.5, 0.6) is 0 Å². The van der Waals surface area contributed by atoms with Crippen molar-refractivity contribution in [2.45, 2.75) is 12.7 Å². The molecule has 0 saturated carbocycles. The third-order valence-electron chi connectivity index (χ3n) is 2.89. The zero-order valence-electron chi connectivity index (χ0n) is 11.8. The maximum Gasteiger partial charge on any atom is 0.435 e. The Bertz CT molecular complexity index is 710. The molecule has 0 fully saturated rings. The van der Waals surface area contributed by atoms with Gasteiger partial charge in [-0.3, -0.25) is 9.48 Å². The van der Waals surface area contributed by atoms with E-state index in [-0.39, 0.29) is 19.0 Å². The van der Waals surface area contributed by atoms with Crippen LogP contribution in [-0.2, 0) is 17.5 Å². The highest BCUT2D eigenvalue weighted by Crippen LogP contribution is 2.27. The molecule has 122 valence electrons. The number of alkyl halides is 3. The fourth-order valence-electron chi connectivity index (χ4n) is 1.77. The van der Waals surface area contributed by atoms with Crippen molar-refractivity contribution in [3.05, 3.63) is 58.9 Å². The van der Waals surface area contributed by atoms with Crippen LogP contribution in [0.1, 0.15) is 11.3 Å². The van der Waals surface area contributed by atoms with Crippen molar-refractivity contribution in [3.8, 4) is 0 Å². The molecule has 23 heavy (non-hydrogen) atoms. The molecule has 1 heterocycles. The van der Waals surface area contributed by atoms with Gasteiger partial charge in [0.25, 0.3) is 0 Å². The summed E-state index contributed by atoms with van der Waals surface area (Å²) in [6.07, 6.45) is -0.375. The molecule has 0 spiro atoms. The molecular formula is C15H13ClF3N3O. The molecule has 0 aliphatic rings. The van der Waals surface area contributed by atoms with Crippen LogP contribution >= 0.6 is 11.6 Å². The Hall–Kier alpha value is -2.28.